The molecule has 0 saturated heterocycles. The Balaban J connectivity index is 1.53. The molecular formula is C19H19BN2O3. The Morgan fingerprint density at radius 1 is 1.24 bits per heavy atom. The number of hydrogen-bond donors (Lipinski definition) is 2. The molecule has 0 unspecified atom stereocenters. The Bertz CT molecular complexity index is 964. The molecule has 2 aromatic heterocycles. The van der Waals surface area contributed by atoms with E-state index in [1.165, 1.54) is 0 Å². The van der Waals surface area contributed by atoms with E-state index in [9.17, 15) is 9.82 Å². The number of nitrogens with zero attached hydrogens (tertiary/aromatic N) is 1. The second kappa shape index (κ2) is 5.76. The zero-order chi connectivity index (χ0) is 17.6. The van der Waals surface area contributed by atoms with Crippen LogP contribution in [0.3, 0.4) is 0 Å². The van der Waals surface area contributed by atoms with E-state index in [1.807, 2.05) is 73.1 Å². The number of carbonyl (C=O) groups is 1. The molecule has 0 aliphatic carbocycles. The van der Waals surface area contributed by atoms with Gasteiger partial charge in [0.15, 0.2) is 0 Å². The number of pyridine rings is 1. The molecule has 25 heavy (non-hydrogen) atoms. The quantitative estimate of drug-likeness (QED) is 0.719. The van der Waals surface area contributed by atoms with Crippen molar-refractivity contribution in [1.82, 2.24) is 9.72 Å². The minimum atomic E-state index is -0.921. The third-order valence-electron chi connectivity index (χ3n) is 4.70. The topological polar surface area (TPSA) is 63.0 Å². The molecule has 2 N–H and O–H groups in total. The molecule has 5 nitrogen and oxygen atoms in total. The van der Waals surface area contributed by atoms with Crippen LogP contribution in [0.25, 0.3) is 5.52 Å². The zero-order valence-electron chi connectivity index (χ0n) is 14.2. The molecule has 0 fully saturated rings. The van der Waals surface area contributed by atoms with Gasteiger partial charge in [0.05, 0.1) is 16.7 Å². The van der Waals surface area contributed by atoms with Gasteiger partial charge in [0.25, 0.3) is 5.91 Å². The largest absolute Gasteiger partial charge is 0.492 e. The van der Waals surface area contributed by atoms with Gasteiger partial charge in [0, 0.05) is 18.9 Å². The summed E-state index contributed by atoms with van der Waals surface area (Å²) in [5.74, 6) is -0.123. The summed E-state index contributed by atoms with van der Waals surface area (Å²) in [6, 6.07) is 13.3. The van der Waals surface area contributed by atoms with Crippen molar-refractivity contribution < 1.29 is 14.5 Å². The highest BCUT2D eigenvalue weighted by atomic mass is 16.5. The second-order valence-electron chi connectivity index (χ2n) is 6.81. The first-order chi connectivity index (χ1) is 12.0. The highest BCUT2D eigenvalue weighted by Crippen LogP contribution is 2.29. The van der Waals surface area contributed by atoms with Gasteiger partial charge in [-0.05, 0) is 54.7 Å². The van der Waals surface area contributed by atoms with Crippen LogP contribution in [0.4, 0.5) is 0 Å². The van der Waals surface area contributed by atoms with E-state index in [0.29, 0.717) is 12.1 Å². The number of hydrogen-bond acceptors (Lipinski definition) is 3. The number of rotatable bonds is 3. The van der Waals surface area contributed by atoms with Gasteiger partial charge in [0.1, 0.15) is 0 Å². The smallest absolute Gasteiger partial charge is 0.423 e. The maximum absolute atomic E-state index is 12.5. The molecule has 3 heterocycles. The molecule has 0 atom stereocenters. The molecule has 3 aromatic rings. The predicted molar refractivity (Wildman–Crippen MR) is 96.7 cm³/mol. The van der Waals surface area contributed by atoms with Crippen molar-refractivity contribution in [3.63, 3.8) is 0 Å². The zero-order valence-corrected chi connectivity index (χ0v) is 14.2. The fraction of sp³-hybridized carbons (Fsp3) is 0.211. The maximum atomic E-state index is 12.5. The van der Waals surface area contributed by atoms with E-state index in [4.69, 9.17) is 4.65 Å². The van der Waals surface area contributed by atoms with Crippen molar-refractivity contribution in [2.45, 2.75) is 26.0 Å². The highest BCUT2D eigenvalue weighted by molar-refractivity contribution is 6.62. The lowest BCUT2D eigenvalue weighted by atomic mass is 9.77. The summed E-state index contributed by atoms with van der Waals surface area (Å²) in [7, 11) is -0.921. The van der Waals surface area contributed by atoms with Crippen molar-refractivity contribution in [3.8, 4) is 0 Å². The molecule has 0 bridgehead atoms. The van der Waals surface area contributed by atoms with E-state index in [2.05, 4.69) is 5.32 Å². The van der Waals surface area contributed by atoms with Crippen LogP contribution < -0.4 is 10.8 Å². The van der Waals surface area contributed by atoms with Crippen LogP contribution >= 0.6 is 0 Å². The van der Waals surface area contributed by atoms with Crippen LogP contribution in [0.1, 0.15) is 35.3 Å². The number of fused-ring (bicyclic) bond motifs is 2. The average molecular weight is 334 g/mol. The van der Waals surface area contributed by atoms with Crippen molar-refractivity contribution in [2.75, 3.05) is 0 Å². The van der Waals surface area contributed by atoms with Crippen LogP contribution in [0.5, 0.6) is 0 Å². The number of benzene rings is 1. The summed E-state index contributed by atoms with van der Waals surface area (Å²) in [6.45, 7) is 4.25. The van der Waals surface area contributed by atoms with Crippen LogP contribution in [0.15, 0.2) is 54.9 Å². The second-order valence-corrected chi connectivity index (χ2v) is 6.81. The molecule has 0 radical (unpaired) electrons. The Kier molecular flexibility index (Phi) is 3.67. The van der Waals surface area contributed by atoms with E-state index in [-0.39, 0.29) is 5.91 Å². The highest BCUT2D eigenvalue weighted by Gasteiger charge is 2.40. The number of nitrogens with one attached hydrogen (secondary N) is 1. The summed E-state index contributed by atoms with van der Waals surface area (Å²) < 4.78 is 7.49. The summed E-state index contributed by atoms with van der Waals surface area (Å²) in [5, 5.41) is 13.0. The van der Waals surface area contributed by atoms with Crippen molar-refractivity contribution in [2.24, 2.45) is 0 Å². The van der Waals surface area contributed by atoms with E-state index in [1.54, 1.807) is 0 Å². The Labute approximate surface area is 146 Å². The van der Waals surface area contributed by atoms with Crippen LogP contribution in [0, 0.1) is 0 Å². The molecule has 0 spiro atoms. The fourth-order valence-corrected chi connectivity index (χ4v) is 3.42. The standard InChI is InChI=1S/C19H19BN2O3/c1-19(2)15-8-7-13(11-16(15)20(24)25-19)12-21-18(23)14-5-3-9-22-10-4-6-17(14)22/h3-11,24H,12H2,1-2H3,(H,21,23). The van der Waals surface area contributed by atoms with Crippen LogP contribution in [-0.4, -0.2) is 22.5 Å². The molecule has 6 heteroatoms. The molecule has 1 aliphatic rings. The molecule has 1 amide bonds. The molecule has 4 rings (SSSR count). The number of amides is 1. The van der Waals surface area contributed by atoms with Gasteiger partial charge in [-0.2, -0.15) is 0 Å². The first-order valence-corrected chi connectivity index (χ1v) is 8.29. The van der Waals surface area contributed by atoms with Gasteiger partial charge in [-0.1, -0.05) is 18.2 Å². The lowest BCUT2D eigenvalue weighted by Gasteiger charge is -2.19. The summed E-state index contributed by atoms with van der Waals surface area (Å²) >= 11 is 0. The minimum Gasteiger partial charge on any atom is -0.423 e. The third kappa shape index (κ3) is 2.73. The van der Waals surface area contributed by atoms with Crippen molar-refractivity contribution in [1.29, 1.82) is 0 Å². The van der Waals surface area contributed by atoms with Crippen LogP contribution in [0.2, 0.25) is 0 Å². The molecule has 1 aromatic carbocycles. The average Bonchev–Trinajstić information content (AvgIpc) is 3.15. The van der Waals surface area contributed by atoms with Gasteiger partial charge < -0.3 is 19.4 Å². The van der Waals surface area contributed by atoms with Crippen molar-refractivity contribution in [3.05, 3.63) is 71.5 Å². The summed E-state index contributed by atoms with van der Waals surface area (Å²) in [4.78, 5) is 12.5. The van der Waals surface area contributed by atoms with Gasteiger partial charge in [-0.25, -0.2) is 0 Å². The summed E-state index contributed by atoms with van der Waals surface area (Å²) in [6.07, 6.45) is 3.82. The van der Waals surface area contributed by atoms with Crippen LogP contribution in [-0.2, 0) is 16.8 Å². The van der Waals surface area contributed by atoms with Gasteiger partial charge in [-0.15, -0.1) is 0 Å². The van der Waals surface area contributed by atoms with Gasteiger partial charge in [0.2, 0.25) is 0 Å². The molecule has 0 saturated carbocycles. The van der Waals surface area contributed by atoms with E-state index in [0.717, 1.165) is 22.1 Å². The third-order valence-corrected chi connectivity index (χ3v) is 4.70. The Morgan fingerprint density at radius 3 is 2.80 bits per heavy atom. The van der Waals surface area contributed by atoms with E-state index >= 15 is 0 Å². The maximum Gasteiger partial charge on any atom is 0.492 e. The van der Waals surface area contributed by atoms with E-state index < -0.39 is 12.7 Å². The summed E-state index contributed by atoms with van der Waals surface area (Å²) in [5.41, 5.74) is 3.69. The van der Waals surface area contributed by atoms with Gasteiger partial charge in [-0.3, -0.25) is 4.79 Å². The Morgan fingerprint density at radius 2 is 2.00 bits per heavy atom. The molecule has 1 aliphatic heterocycles. The molecule has 126 valence electrons. The number of aromatic nitrogens is 1. The first-order valence-electron chi connectivity index (χ1n) is 8.29. The number of carbonyl (C=O) groups excluding carboxylic acids is 1. The normalized spacial score (nSPS) is 15.4. The van der Waals surface area contributed by atoms with Crippen molar-refractivity contribution >= 4 is 24.0 Å². The SMILES string of the molecule is CC1(C)OB(O)c2cc(CNC(=O)c3cccn4cccc34)ccc21. The van der Waals surface area contributed by atoms with Gasteiger partial charge >= 0.3 is 7.12 Å². The fourth-order valence-electron chi connectivity index (χ4n) is 3.42. The predicted octanol–water partition coefficient (Wildman–Crippen LogP) is 1.82. The lowest BCUT2D eigenvalue weighted by molar-refractivity contribution is 0.0951. The molecular weight excluding hydrogens is 315 g/mol. The lowest BCUT2D eigenvalue weighted by Crippen LogP contribution is -2.30. The monoisotopic (exact) mass is 334 g/mol. The Hall–Kier alpha value is -2.57. The first kappa shape index (κ1) is 15.9. The minimum absolute atomic E-state index is 0.123.